The number of para-hydroxylation sites is 1. The smallest absolute Gasteiger partial charge is 0.336 e. The zero-order valence-corrected chi connectivity index (χ0v) is 11.7. The van der Waals surface area contributed by atoms with Gasteiger partial charge in [-0.1, -0.05) is 18.2 Å². The Bertz CT molecular complexity index is 564. The number of carboxylic acids is 1. The molecule has 1 aliphatic heterocycles. The fourth-order valence-corrected chi connectivity index (χ4v) is 3.46. The largest absolute Gasteiger partial charge is 0.489 e. The number of ether oxygens (including phenoxy) is 1. The van der Waals surface area contributed by atoms with Crippen molar-refractivity contribution in [2.45, 2.75) is 42.9 Å². The molecule has 5 N–H and O–H groups in total. The highest BCUT2D eigenvalue weighted by atomic mass is 16.5. The maximum atomic E-state index is 11.5. The van der Waals surface area contributed by atoms with Gasteiger partial charge in [0.2, 0.25) is 0 Å². The Balaban J connectivity index is 1.94. The third kappa shape index (κ3) is 2.17. The SMILES string of the molecule is O=C(O)C1(O)C[C@@H](O)C(O)[C@H](O)C1C1Cc2ccccc2O1. The van der Waals surface area contributed by atoms with Crippen LogP contribution in [0.2, 0.25) is 0 Å². The summed E-state index contributed by atoms with van der Waals surface area (Å²) >= 11 is 0. The molecular weight excluding hydrogens is 292 g/mol. The van der Waals surface area contributed by atoms with Gasteiger partial charge in [-0.3, -0.25) is 0 Å². The molecule has 1 aromatic rings. The first-order valence-electron chi connectivity index (χ1n) is 7.09. The van der Waals surface area contributed by atoms with Crippen LogP contribution in [0.1, 0.15) is 12.0 Å². The first-order chi connectivity index (χ1) is 10.3. The van der Waals surface area contributed by atoms with Crippen molar-refractivity contribution in [1.82, 2.24) is 0 Å². The van der Waals surface area contributed by atoms with Crippen LogP contribution in [0.4, 0.5) is 0 Å². The molecule has 3 rings (SSSR count). The molecule has 6 atom stereocenters. The summed E-state index contributed by atoms with van der Waals surface area (Å²) in [6, 6.07) is 7.11. The Kier molecular flexibility index (Phi) is 3.60. The molecule has 0 aromatic heterocycles. The summed E-state index contributed by atoms with van der Waals surface area (Å²) in [5.41, 5.74) is -1.53. The van der Waals surface area contributed by atoms with E-state index in [-0.39, 0.29) is 0 Å². The molecule has 4 unspecified atom stereocenters. The van der Waals surface area contributed by atoms with Crippen molar-refractivity contribution in [1.29, 1.82) is 0 Å². The average Bonchev–Trinajstić information content (AvgIpc) is 2.88. The normalized spacial score (nSPS) is 40.8. The van der Waals surface area contributed by atoms with Crippen molar-refractivity contribution < 1.29 is 35.1 Å². The standard InChI is InChI=1S/C15H18O7/c16-8-6-15(21,14(19)20)11(13(18)12(8)17)10-5-7-3-1-2-4-9(7)22-10/h1-4,8,10-13,16-18,21H,5-6H2,(H,19,20)/t8-,10?,11?,12?,13-,15?/m1/s1. The number of carboxylic acid groups (broad SMARTS) is 1. The topological polar surface area (TPSA) is 127 Å². The van der Waals surface area contributed by atoms with Crippen LogP contribution in [0.15, 0.2) is 24.3 Å². The van der Waals surface area contributed by atoms with Gasteiger partial charge in [-0.05, 0) is 11.6 Å². The first-order valence-corrected chi connectivity index (χ1v) is 7.09. The van der Waals surface area contributed by atoms with Crippen LogP contribution in [0.25, 0.3) is 0 Å². The molecule has 2 aliphatic rings. The maximum Gasteiger partial charge on any atom is 0.336 e. The van der Waals surface area contributed by atoms with Crippen LogP contribution in [0.5, 0.6) is 5.75 Å². The van der Waals surface area contributed by atoms with E-state index in [0.717, 1.165) is 5.56 Å². The summed E-state index contributed by atoms with van der Waals surface area (Å²) in [6.45, 7) is 0. The van der Waals surface area contributed by atoms with Crippen LogP contribution < -0.4 is 4.74 Å². The van der Waals surface area contributed by atoms with Gasteiger partial charge in [-0.2, -0.15) is 0 Å². The first kappa shape index (κ1) is 15.2. The van der Waals surface area contributed by atoms with Crippen LogP contribution in [-0.2, 0) is 11.2 Å². The van der Waals surface area contributed by atoms with Gasteiger partial charge in [-0.15, -0.1) is 0 Å². The summed E-state index contributed by atoms with van der Waals surface area (Å²) in [7, 11) is 0. The van der Waals surface area contributed by atoms with Crippen LogP contribution in [0, 0.1) is 5.92 Å². The predicted molar refractivity (Wildman–Crippen MR) is 73.3 cm³/mol. The summed E-state index contributed by atoms with van der Waals surface area (Å²) in [5.74, 6) is -2.24. The van der Waals surface area contributed by atoms with E-state index in [1.807, 2.05) is 12.1 Å². The lowest BCUT2D eigenvalue weighted by Crippen LogP contribution is -2.66. The maximum absolute atomic E-state index is 11.5. The fourth-order valence-electron chi connectivity index (χ4n) is 3.46. The molecular formula is C15H18O7. The summed E-state index contributed by atoms with van der Waals surface area (Å²) < 4.78 is 5.67. The molecule has 0 radical (unpaired) electrons. The van der Waals surface area contributed by atoms with Crippen molar-refractivity contribution >= 4 is 5.97 Å². The summed E-state index contributed by atoms with van der Waals surface area (Å²) in [4.78, 5) is 11.5. The molecule has 1 fully saturated rings. The monoisotopic (exact) mass is 310 g/mol. The third-order valence-electron chi connectivity index (χ3n) is 4.63. The van der Waals surface area contributed by atoms with Crippen molar-refractivity contribution in [2.24, 2.45) is 5.92 Å². The van der Waals surface area contributed by atoms with E-state index in [4.69, 9.17) is 4.74 Å². The predicted octanol–water partition coefficient (Wildman–Crippen LogP) is -1.09. The van der Waals surface area contributed by atoms with Crippen LogP contribution >= 0.6 is 0 Å². The Hall–Kier alpha value is -1.67. The van der Waals surface area contributed by atoms with Crippen LogP contribution in [-0.4, -0.2) is 61.5 Å². The minimum atomic E-state index is -2.37. The van der Waals surface area contributed by atoms with Gasteiger partial charge in [-0.25, -0.2) is 4.79 Å². The Labute approximate surface area is 126 Å². The minimum absolute atomic E-state index is 0.316. The van der Waals surface area contributed by atoms with E-state index in [2.05, 4.69) is 0 Å². The van der Waals surface area contributed by atoms with Gasteiger partial charge in [0.05, 0.1) is 18.1 Å². The molecule has 0 amide bonds. The number of fused-ring (bicyclic) bond motifs is 1. The lowest BCUT2D eigenvalue weighted by molar-refractivity contribution is -0.221. The molecule has 120 valence electrons. The summed E-state index contributed by atoms with van der Waals surface area (Å²) in [6.07, 6.45) is -5.70. The number of benzene rings is 1. The number of carbonyl (C=O) groups is 1. The molecule has 0 saturated heterocycles. The number of aliphatic carboxylic acids is 1. The lowest BCUT2D eigenvalue weighted by atomic mass is 9.68. The second-order valence-electron chi connectivity index (χ2n) is 5.98. The van der Waals surface area contributed by atoms with Gasteiger partial charge < -0.3 is 30.3 Å². The van der Waals surface area contributed by atoms with Crippen molar-refractivity contribution in [3.63, 3.8) is 0 Å². The Morgan fingerprint density at radius 1 is 1.18 bits per heavy atom. The van der Waals surface area contributed by atoms with Crippen molar-refractivity contribution in [2.75, 3.05) is 0 Å². The second-order valence-corrected chi connectivity index (χ2v) is 5.98. The Morgan fingerprint density at radius 3 is 2.50 bits per heavy atom. The van der Waals surface area contributed by atoms with Crippen LogP contribution in [0.3, 0.4) is 0 Å². The molecule has 22 heavy (non-hydrogen) atoms. The highest BCUT2D eigenvalue weighted by Gasteiger charge is 2.60. The summed E-state index contributed by atoms with van der Waals surface area (Å²) in [5, 5.41) is 49.6. The van der Waals surface area contributed by atoms with Gasteiger partial charge in [0.15, 0.2) is 5.60 Å². The third-order valence-corrected chi connectivity index (χ3v) is 4.63. The van der Waals surface area contributed by atoms with Gasteiger partial charge >= 0.3 is 5.97 Å². The molecule has 7 nitrogen and oxygen atoms in total. The molecule has 1 aliphatic carbocycles. The molecule has 1 aromatic carbocycles. The van der Waals surface area contributed by atoms with E-state index in [9.17, 15) is 30.3 Å². The average molecular weight is 310 g/mol. The van der Waals surface area contributed by atoms with E-state index in [1.165, 1.54) is 0 Å². The molecule has 7 heteroatoms. The lowest BCUT2D eigenvalue weighted by Gasteiger charge is -2.46. The zero-order valence-electron chi connectivity index (χ0n) is 11.7. The molecule has 0 spiro atoms. The van der Waals surface area contributed by atoms with E-state index in [0.29, 0.717) is 12.2 Å². The minimum Gasteiger partial charge on any atom is -0.489 e. The van der Waals surface area contributed by atoms with E-state index >= 15 is 0 Å². The molecule has 1 heterocycles. The quantitative estimate of drug-likeness (QED) is 0.469. The number of aliphatic hydroxyl groups is 4. The highest BCUT2D eigenvalue weighted by molar-refractivity contribution is 5.78. The molecule has 1 saturated carbocycles. The number of aliphatic hydroxyl groups excluding tert-OH is 3. The highest BCUT2D eigenvalue weighted by Crippen LogP contribution is 2.42. The van der Waals surface area contributed by atoms with E-state index < -0.39 is 48.3 Å². The fraction of sp³-hybridized carbons (Fsp3) is 0.533. The Morgan fingerprint density at radius 2 is 1.86 bits per heavy atom. The number of hydrogen-bond acceptors (Lipinski definition) is 6. The van der Waals surface area contributed by atoms with Crippen molar-refractivity contribution in [3.05, 3.63) is 29.8 Å². The number of hydrogen-bond donors (Lipinski definition) is 5. The van der Waals surface area contributed by atoms with E-state index in [1.54, 1.807) is 12.1 Å². The second kappa shape index (κ2) is 5.20. The van der Waals surface area contributed by atoms with Gasteiger partial charge in [0.1, 0.15) is 18.0 Å². The van der Waals surface area contributed by atoms with Crippen molar-refractivity contribution in [3.8, 4) is 5.75 Å². The van der Waals surface area contributed by atoms with Gasteiger partial charge in [0.25, 0.3) is 0 Å². The molecule has 0 bridgehead atoms. The van der Waals surface area contributed by atoms with Gasteiger partial charge in [0, 0.05) is 12.8 Å². The number of rotatable bonds is 2. The zero-order chi connectivity index (χ0) is 16.1.